The second-order valence-electron chi connectivity index (χ2n) is 10.5. The molecule has 0 unspecified atom stereocenters. The van der Waals surface area contributed by atoms with Crippen molar-refractivity contribution in [1.29, 1.82) is 0 Å². The Balaban J connectivity index is 1.25. The maximum atomic E-state index is 6.40. The third-order valence-electron chi connectivity index (χ3n) is 8.29. The second-order valence-corrected chi connectivity index (χ2v) is 10.5. The van der Waals surface area contributed by atoms with E-state index in [0.717, 1.165) is 17.0 Å². The monoisotopic (exact) mass is 526 g/mol. The van der Waals surface area contributed by atoms with Crippen molar-refractivity contribution >= 4 is 5.70 Å². The van der Waals surface area contributed by atoms with Crippen molar-refractivity contribution in [2.45, 2.75) is 11.8 Å². The maximum Gasteiger partial charge on any atom is 0.0713 e. The smallest absolute Gasteiger partial charge is 0.0713 e. The molecule has 0 radical (unpaired) electrons. The van der Waals surface area contributed by atoms with Crippen LogP contribution in [0.2, 0.25) is 0 Å². The first kappa shape index (κ1) is 24.8. The van der Waals surface area contributed by atoms with E-state index in [4.69, 9.17) is 5.73 Å². The van der Waals surface area contributed by atoms with Crippen LogP contribution in [0.15, 0.2) is 158 Å². The fraction of sp³-hybridized carbons (Fsp3) is 0.0513. The number of allylic oxidation sites excluding steroid dienone is 1. The Morgan fingerprint density at radius 1 is 0.561 bits per heavy atom. The summed E-state index contributed by atoms with van der Waals surface area (Å²) in [7, 11) is 0. The molecule has 5 aromatic carbocycles. The third-order valence-corrected chi connectivity index (χ3v) is 8.29. The van der Waals surface area contributed by atoms with Crippen LogP contribution in [0.3, 0.4) is 0 Å². The Morgan fingerprint density at radius 2 is 1.10 bits per heavy atom. The van der Waals surface area contributed by atoms with Crippen molar-refractivity contribution in [3.05, 3.63) is 191 Å². The molecule has 0 amide bonds. The van der Waals surface area contributed by atoms with E-state index in [0.29, 0.717) is 6.42 Å². The van der Waals surface area contributed by atoms with Gasteiger partial charge < -0.3 is 5.73 Å². The lowest BCUT2D eigenvalue weighted by molar-refractivity contribution is 0.768. The molecule has 0 saturated carbocycles. The van der Waals surface area contributed by atoms with Gasteiger partial charge in [0.05, 0.1) is 5.41 Å². The zero-order valence-electron chi connectivity index (χ0n) is 22.7. The van der Waals surface area contributed by atoms with Gasteiger partial charge >= 0.3 is 0 Å². The molecule has 0 fully saturated rings. The van der Waals surface area contributed by atoms with Crippen molar-refractivity contribution in [1.82, 2.24) is 4.98 Å². The predicted octanol–water partition coefficient (Wildman–Crippen LogP) is 8.65. The summed E-state index contributed by atoms with van der Waals surface area (Å²) in [5.41, 5.74) is 19.0. The molecule has 0 aliphatic heterocycles. The van der Waals surface area contributed by atoms with Gasteiger partial charge in [-0.25, -0.2) is 0 Å². The molecule has 196 valence electrons. The molecule has 1 aliphatic carbocycles. The summed E-state index contributed by atoms with van der Waals surface area (Å²) in [6, 6.07) is 52.2. The van der Waals surface area contributed by atoms with Crippen LogP contribution in [-0.2, 0) is 11.8 Å². The van der Waals surface area contributed by atoms with Crippen LogP contribution < -0.4 is 5.73 Å². The first-order valence-corrected chi connectivity index (χ1v) is 14.1. The van der Waals surface area contributed by atoms with Gasteiger partial charge in [0, 0.05) is 24.0 Å². The minimum Gasteiger partial charge on any atom is -0.398 e. The van der Waals surface area contributed by atoms with E-state index in [-0.39, 0.29) is 5.41 Å². The van der Waals surface area contributed by atoms with Gasteiger partial charge in [0.1, 0.15) is 0 Å². The molecule has 0 atom stereocenters. The highest BCUT2D eigenvalue weighted by Crippen LogP contribution is 2.55. The first-order valence-electron chi connectivity index (χ1n) is 14.1. The maximum absolute atomic E-state index is 6.40. The largest absolute Gasteiger partial charge is 0.398 e. The van der Waals surface area contributed by atoms with Crippen LogP contribution in [0.5, 0.6) is 0 Å². The van der Waals surface area contributed by atoms with Crippen LogP contribution in [0.25, 0.3) is 28.0 Å². The molecular weight excluding hydrogens is 496 g/mol. The summed E-state index contributed by atoms with van der Waals surface area (Å²) < 4.78 is 0. The summed E-state index contributed by atoms with van der Waals surface area (Å²) in [4.78, 5) is 4.38. The van der Waals surface area contributed by atoms with Gasteiger partial charge in [-0.2, -0.15) is 0 Å². The number of hydrogen-bond acceptors (Lipinski definition) is 2. The predicted molar refractivity (Wildman–Crippen MR) is 169 cm³/mol. The van der Waals surface area contributed by atoms with Crippen LogP contribution in [0.4, 0.5) is 0 Å². The van der Waals surface area contributed by atoms with E-state index in [1.54, 1.807) is 0 Å². The minimum absolute atomic E-state index is 0.371. The van der Waals surface area contributed by atoms with E-state index >= 15 is 0 Å². The van der Waals surface area contributed by atoms with Gasteiger partial charge in [-0.1, -0.05) is 140 Å². The van der Waals surface area contributed by atoms with Crippen molar-refractivity contribution < 1.29 is 0 Å². The van der Waals surface area contributed by atoms with Gasteiger partial charge in [0.15, 0.2) is 0 Å². The highest BCUT2D eigenvalue weighted by molar-refractivity contribution is 5.86. The highest BCUT2D eigenvalue weighted by atomic mass is 14.7. The van der Waals surface area contributed by atoms with E-state index in [9.17, 15) is 0 Å². The van der Waals surface area contributed by atoms with Crippen LogP contribution in [0.1, 0.15) is 33.5 Å². The van der Waals surface area contributed by atoms with E-state index < -0.39 is 0 Å². The summed E-state index contributed by atoms with van der Waals surface area (Å²) in [5, 5.41) is 0. The first-order chi connectivity index (χ1) is 20.2. The molecule has 2 N–H and O–H groups in total. The molecule has 1 aliphatic rings. The van der Waals surface area contributed by atoms with Crippen molar-refractivity contribution in [3.8, 4) is 22.3 Å². The summed E-state index contributed by atoms with van der Waals surface area (Å²) in [6.45, 7) is 0. The average molecular weight is 527 g/mol. The van der Waals surface area contributed by atoms with Crippen molar-refractivity contribution in [2.24, 2.45) is 5.73 Å². The fourth-order valence-electron chi connectivity index (χ4n) is 6.33. The topological polar surface area (TPSA) is 38.9 Å². The Morgan fingerprint density at radius 3 is 1.71 bits per heavy atom. The van der Waals surface area contributed by atoms with Crippen molar-refractivity contribution in [2.75, 3.05) is 0 Å². The Labute approximate surface area is 241 Å². The number of pyridine rings is 1. The zero-order chi connectivity index (χ0) is 27.6. The Kier molecular flexibility index (Phi) is 6.29. The highest BCUT2D eigenvalue weighted by Gasteiger charge is 2.45. The average Bonchev–Trinajstić information content (AvgIpc) is 3.36. The molecular formula is C39H30N2. The quantitative estimate of drug-likeness (QED) is 0.235. The lowest BCUT2D eigenvalue weighted by atomic mass is 9.67. The zero-order valence-corrected chi connectivity index (χ0v) is 22.7. The summed E-state index contributed by atoms with van der Waals surface area (Å²) >= 11 is 0. The molecule has 0 bridgehead atoms. The molecule has 2 nitrogen and oxygen atoms in total. The number of nitrogens with zero attached hydrogens (tertiary/aromatic N) is 1. The fourth-order valence-corrected chi connectivity index (χ4v) is 6.33. The molecule has 1 aromatic heterocycles. The normalized spacial score (nSPS) is 13.4. The number of rotatable bonds is 6. The standard InChI is InChI=1S/C39H30N2/c40-38(26-25-33-12-8-9-27-41-33)30-19-17-28(18-20-30)29-21-23-32(24-22-29)39(31-10-2-1-3-11-31)36-15-6-4-13-34(36)35-14-5-7-16-37(35)39/h1-24,26-27H,25,40H2/b38-26-. The van der Waals surface area contributed by atoms with Crippen LogP contribution in [-0.4, -0.2) is 4.98 Å². The van der Waals surface area contributed by atoms with Gasteiger partial charge in [-0.15, -0.1) is 0 Å². The lowest BCUT2D eigenvalue weighted by Gasteiger charge is -2.34. The van der Waals surface area contributed by atoms with Gasteiger partial charge in [-0.3, -0.25) is 4.98 Å². The van der Waals surface area contributed by atoms with E-state index in [1.807, 2.05) is 30.5 Å². The lowest BCUT2D eigenvalue weighted by Crippen LogP contribution is -2.28. The van der Waals surface area contributed by atoms with Gasteiger partial charge in [0.25, 0.3) is 0 Å². The molecule has 2 heteroatoms. The van der Waals surface area contributed by atoms with Gasteiger partial charge in [-0.05, 0) is 62.2 Å². The SMILES string of the molecule is N/C(=C\Cc1ccccn1)c1ccc(-c2ccc(C3(c4ccccc4)c4ccccc4-c4ccccc43)cc2)cc1. The second kappa shape index (κ2) is 10.4. The Bertz CT molecular complexity index is 1790. The molecule has 0 saturated heterocycles. The summed E-state index contributed by atoms with van der Waals surface area (Å²) in [6.07, 6.45) is 4.56. The number of nitrogens with two attached hydrogens (primary N) is 1. The number of hydrogen-bond donors (Lipinski definition) is 1. The van der Waals surface area contributed by atoms with Crippen LogP contribution >= 0.6 is 0 Å². The molecule has 6 aromatic rings. The number of aromatic nitrogens is 1. The third kappa shape index (κ3) is 4.25. The van der Waals surface area contributed by atoms with E-state index in [2.05, 4.69) is 132 Å². The van der Waals surface area contributed by atoms with E-state index in [1.165, 1.54) is 44.5 Å². The molecule has 7 rings (SSSR count). The molecule has 0 spiro atoms. The van der Waals surface area contributed by atoms with Gasteiger partial charge in [0.2, 0.25) is 0 Å². The molecule has 1 heterocycles. The number of benzene rings is 5. The summed E-state index contributed by atoms with van der Waals surface area (Å²) in [5.74, 6) is 0. The van der Waals surface area contributed by atoms with Crippen molar-refractivity contribution in [3.63, 3.8) is 0 Å². The minimum atomic E-state index is -0.371. The Hall–Kier alpha value is -5.21. The molecule has 41 heavy (non-hydrogen) atoms. The van der Waals surface area contributed by atoms with Crippen LogP contribution in [0, 0.1) is 0 Å². The number of fused-ring (bicyclic) bond motifs is 3.